The van der Waals surface area contributed by atoms with Gasteiger partial charge in [0.05, 0.1) is 22.4 Å². The lowest BCUT2D eigenvalue weighted by Gasteiger charge is -2.11. The summed E-state index contributed by atoms with van der Waals surface area (Å²) in [7, 11) is 0. The van der Waals surface area contributed by atoms with Crippen LogP contribution in [0.25, 0.3) is 116 Å². The van der Waals surface area contributed by atoms with Gasteiger partial charge in [0.2, 0.25) is 0 Å². The molecule has 0 aliphatic heterocycles. The highest BCUT2D eigenvalue weighted by molar-refractivity contribution is 6.18. The normalized spacial score (nSPS) is 11.9. The molecular weight excluding hydrogens is 697 g/mol. The van der Waals surface area contributed by atoms with Crippen LogP contribution in [0.1, 0.15) is 0 Å². The molecule has 4 heteroatoms. The molecule has 0 saturated carbocycles. The molecule has 0 spiro atoms. The number of aromatic nitrogens is 2. The van der Waals surface area contributed by atoms with Gasteiger partial charge in [-0.25, -0.2) is 4.98 Å². The number of rotatable bonds is 5. The van der Waals surface area contributed by atoms with Gasteiger partial charge >= 0.3 is 0 Å². The van der Waals surface area contributed by atoms with Crippen LogP contribution in [0.5, 0.6) is 0 Å². The van der Waals surface area contributed by atoms with Gasteiger partial charge < -0.3 is 13.4 Å². The lowest BCUT2D eigenvalue weighted by atomic mass is 9.95. The van der Waals surface area contributed by atoms with Crippen LogP contribution in [0.2, 0.25) is 0 Å². The molecule has 12 aromatic rings. The van der Waals surface area contributed by atoms with Gasteiger partial charge in [-0.15, -0.1) is 0 Å². The second-order valence-corrected chi connectivity index (χ2v) is 14.7. The fraction of sp³-hybridized carbons (Fsp3) is 0. The molecule has 12 rings (SSSR count). The molecule has 0 atom stereocenters. The highest BCUT2D eigenvalue weighted by Crippen LogP contribution is 2.43. The quantitative estimate of drug-likeness (QED) is 0.177. The summed E-state index contributed by atoms with van der Waals surface area (Å²) in [5, 5.41) is 6.78. The molecule has 8 aromatic carbocycles. The summed E-state index contributed by atoms with van der Waals surface area (Å²) in [6.45, 7) is 0. The third kappa shape index (κ3) is 4.98. The zero-order chi connectivity index (χ0) is 37.5. The summed E-state index contributed by atoms with van der Waals surface area (Å²) in [6.07, 6.45) is 0. The first-order chi connectivity index (χ1) is 28.2. The zero-order valence-electron chi connectivity index (χ0n) is 30.7. The van der Waals surface area contributed by atoms with Crippen LogP contribution in [-0.2, 0) is 0 Å². The van der Waals surface area contributed by atoms with E-state index in [1.165, 1.54) is 27.4 Å². The summed E-state index contributed by atoms with van der Waals surface area (Å²) in [6, 6.07) is 68.4. The van der Waals surface area contributed by atoms with Crippen molar-refractivity contribution in [1.82, 2.24) is 9.55 Å². The van der Waals surface area contributed by atoms with Crippen LogP contribution in [0, 0.1) is 0 Å². The van der Waals surface area contributed by atoms with Gasteiger partial charge in [0.15, 0.2) is 0 Å². The van der Waals surface area contributed by atoms with E-state index in [0.717, 1.165) is 88.8 Å². The van der Waals surface area contributed by atoms with Crippen LogP contribution >= 0.6 is 0 Å². The van der Waals surface area contributed by atoms with Crippen molar-refractivity contribution in [3.63, 3.8) is 0 Å². The maximum atomic E-state index is 6.59. The Morgan fingerprint density at radius 1 is 0.333 bits per heavy atom. The average molecular weight is 729 g/mol. The summed E-state index contributed by atoms with van der Waals surface area (Å²) < 4.78 is 15.3. The number of para-hydroxylation sites is 3. The van der Waals surface area contributed by atoms with Gasteiger partial charge in [-0.2, -0.15) is 0 Å². The van der Waals surface area contributed by atoms with Crippen molar-refractivity contribution in [1.29, 1.82) is 0 Å². The molecule has 4 nitrogen and oxygen atoms in total. The minimum absolute atomic E-state index is 0.829. The zero-order valence-corrected chi connectivity index (χ0v) is 30.7. The standard InChI is InChI=1S/C53H32N2O2/c1-3-13-33(14-4-1)44-30-36(34-25-27-40-39-17-8-10-23-48(39)57-51(40)32-34)31-45(54-44)41-20-12-24-50-53(41)43-29-35(26-28-49(43)56-50)38-19-11-22-47-52(38)42-18-7-9-21-46(42)55(47)37-15-5-2-6-16-37/h1-32H. The molecule has 4 heterocycles. The first-order valence-corrected chi connectivity index (χ1v) is 19.3. The molecular formula is C53H32N2O2. The molecule has 0 unspecified atom stereocenters. The number of hydrogen-bond donors (Lipinski definition) is 0. The van der Waals surface area contributed by atoms with E-state index in [1.807, 2.05) is 18.2 Å². The predicted octanol–water partition coefficient (Wildman–Crippen LogP) is 14.6. The Morgan fingerprint density at radius 2 is 0.982 bits per heavy atom. The number of pyridine rings is 1. The van der Waals surface area contributed by atoms with Crippen molar-refractivity contribution in [3.8, 4) is 50.5 Å². The third-order valence-electron chi connectivity index (χ3n) is 11.4. The van der Waals surface area contributed by atoms with Gasteiger partial charge in [0, 0.05) is 49.1 Å². The molecule has 0 amide bonds. The van der Waals surface area contributed by atoms with E-state index >= 15 is 0 Å². The Hall–Kier alpha value is -7.69. The summed E-state index contributed by atoms with van der Waals surface area (Å²) >= 11 is 0. The second kappa shape index (κ2) is 12.4. The topological polar surface area (TPSA) is 44.1 Å². The lowest BCUT2D eigenvalue weighted by molar-refractivity contribution is 0.668. The number of hydrogen-bond acceptors (Lipinski definition) is 3. The number of nitrogens with zero attached hydrogens (tertiary/aromatic N) is 2. The minimum atomic E-state index is 0.829. The van der Waals surface area contributed by atoms with E-state index in [0.29, 0.717) is 0 Å². The predicted molar refractivity (Wildman–Crippen MR) is 235 cm³/mol. The van der Waals surface area contributed by atoms with Crippen molar-refractivity contribution in [2.24, 2.45) is 0 Å². The lowest BCUT2D eigenvalue weighted by Crippen LogP contribution is -1.92. The second-order valence-electron chi connectivity index (χ2n) is 14.7. The number of fused-ring (bicyclic) bond motifs is 9. The van der Waals surface area contributed by atoms with Gasteiger partial charge in [0.1, 0.15) is 22.3 Å². The highest BCUT2D eigenvalue weighted by Gasteiger charge is 2.20. The van der Waals surface area contributed by atoms with Crippen LogP contribution in [-0.4, -0.2) is 9.55 Å². The fourth-order valence-corrected chi connectivity index (χ4v) is 8.82. The van der Waals surface area contributed by atoms with Crippen LogP contribution in [0.15, 0.2) is 203 Å². The molecule has 57 heavy (non-hydrogen) atoms. The van der Waals surface area contributed by atoms with E-state index in [-0.39, 0.29) is 0 Å². The molecule has 0 bridgehead atoms. The molecule has 0 aliphatic carbocycles. The number of furan rings is 2. The van der Waals surface area contributed by atoms with E-state index in [9.17, 15) is 0 Å². The first-order valence-electron chi connectivity index (χ1n) is 19.3. The maximum absolute atomic E-state index is 6.59. The summed E-state index contributed by atoms with van der Waals surface area (Å²) in [5.74, 6) is 0. The number of benzene rings is 8. The Bertz CT molecular complexity index is 3520. The monoisotopic (exact) mass is 728 g/mol. The Labute approximate surface area is 327 Å². The van der Waals surface area contributed by atoms with Crippen molar-refractivity contribution in [2.45, 2.75) is 0 Å². The van der Waals surface area contributed by atoms with Crippen LogP contribution in [0.4, 0.5) is 0 Å². The third-order valence-corrected chi connectivity index (χ3v) is 11.4. The Kier molecular flexibility index (Phi) is 6.89. The van der Waals surface area contributed by atoms with E-state index < -0.39 is 0 Å². The van der Waals surface area contributed by atoms with Crippen molar-refractivity contribution < 1.29 is 8.83 Å². The summed E-state index contributed by atoms with van der Waals surface area (Å²) in [5.41, 5.74) is 15.2. The van der Waals surface area contributed by atoms with Gasteiger partial charge in [0.25, 0.3) is 0 Å². The van der Waals surface area contributed by atoms with Crippen LogP contribution in [0.3, 0.4) is 0 Å². The van der Waals surface area contributed by atoms with Gasteiger partial charge in [-0.1, -0.05) is 121 Å². The van der Waals surface area contributed by atoms with Gasteiger partial charge in [-0.3, -0.25) is 0 Å². The molecule has 0 fully saturated rings. The Balaban J connectivity index is 1.07. The minimum Gasteiger partial charge on any atom is -0.456 e. The van der Waals surface area contributed by atoms with Crippen molar-refractivity contribution >= 4 is 65.7 Å². The van der Waals surface area contributed by atoms with E-state index in [4.69, 9.17) is 13.8 Å². The van der Waals surface area contributed by atoms with Crippen molar-refractivity contribution in [2.75, 3.05) is 0 Å². The molecule has 0 N–H and O–H groups in total. The molecule has 0 radical (unpaired) electrons. The average Bonchev–Trinajstić information content (AvgIpc) is 3.96. The SMILES string of the molecule is c1ccc(-c2cc(-c3ccc4c(c3)oc3ccccc34)cc(-c3cccc4oc5ccc(-c6cccc7c6c6ccccc6n7-c6ccccc6)cc5c34)n2)cc1. The van der Waals surface area contributed by atoms with E-state index in [1.54, 1.807) is 0 Å². The van der Waals surface area contributed by atoms with E-state index in [2.05, 4.69) is 180 Å². The maximum Gasteiger partial charge on any atom is 0.136 e. The fourth-order valence-electron chi connectivity index (χ4n) is 8.82. The van der Waals surface area contributed by atoms with Crippen molar-refractivity contribution in [3.05, 3.63) is 194 Å². The van der Waals surface area contributed by atoms with Crippen LogP contribution < -0.4 is 0 Å². The molecule has 0 aliphatic rings. The van der Waals surface area contributed by atoms with Gasteiger partial charge in [-0.05, 0) is 95.1 Å². The highest BCUT2D eigenvalue weighted by atomic mass is 16.3. The summed E-state index contributed by atoms with van der Waals surface area (Å²) in [4.78, 5) is 5.35. The molecule has 4 aromatic heterocycles. The molecule has 0 saturated heterocycles. The Morgan fingerprint density at radius 3 is 1.88 bits per heavy atom. The largest absolute Gasteiger partial charge is 0.456 e. The smallest absolute Gasteiger partial charge is 0.136 e. The molecule has 266 valence electrons. The first kappa shape index (κ1) is 31.6.